The van der Waals surface area contributed by atoms with Crippen LogP contribution < -0.4 is 15.4 Å². The van der Waals surface area contributed by atoms with E-state index in [-0.39, 0.29) is 23.8 Å². The summed E-state index contributed by atoms with van der Waals surface area (Å²) in [6.45, 7) is 6.29. The molecule has 0 aromatic heterocycles. The SMILES string of the molecule is CCC(CCNC(=NC)NC(C)c1ccc(OCC2CC2)c(F)c1)N1CCCC1=O. The van der Waals surface area contributed by atoms with Gasteiger partial charge < -0.3 is 20.3 Å². The summed E-state index contributed by atoms with van der Waals surface area (Å²) in [5, 5.41) is 6.63. The summed E-state index contributed by atoms with van der Waals surface area (Å²) in [6.07, 6.45) is 5.82. The lowest BCUT2D eigenvalue weighted by Crippen LogP contribution is -2.42. The molecule has 1 heterocycles. The molecule has 2 unspecified atom stereocenters. The molecule has 1 aromatic carbocycles. The molecular weight excluding hydrogens is 383 g/mol. The Labute approximate surface area is 179 Å². The fourth-order valence-electron chi connectivity index (χ4n) is 3.87. The molecule has 1 aromatic rings. The number of amides is 1. The summed E-state index contributed by atoms with van der Waals surface area (Å²) in [7, 11) is 1.72. The molecule has 0 radical (unpaired) electrons. The second-order valence-electron chi connectivity index (χ2n) is 8.35. The van der Waals surface area contributed by atoms with Gasteiger partial charge in [0.25, 0.3) is 0 Å². The van der Waals surface area contributed by atoms with Crippen molar-refractivity contribution in [2.45, 2.75) is 64.5 Å². The molecule has 1 aliphatic carbocycles. The van der Waals surface area contributed by atoms with Crippen molar-refractivity contribution in [2.24, 2.45) is 10.9 Å². The lowest BCUT2D eigenvalue weighted by Gasteiger charge is -2.27. The predicted octanol–water partition coefficient (Wildman–Crippen LogP) is 3.63. The van der Waals surface area contributed by atoms with Crippen molar-refractivity contribution in [3.05, 3.63) is 29.6 Å². The molecule has 30 heavy (non-hydrogen) atoms. The van der Waals surface area contributed by atoms with Gasteiger partial charge in [-0.1, -0.05) is 13.0 Å². The first-order valence-corrected chi connectivity index (χ1v) is 11.2. The average molecular weight is 419 g/mol. The smallest absolute Gasteiger partial charge is 0.222 e. The van der Waals surface area contributed by atoms with Crippen LogP contribution in [0.25, 0.3) is 0 Å². The number of guanidine groups is 1. The van der Waals surface area contributed by atoms with E-state index in [4.69, 9.17) is 4.74 Å². The van der Waals surface area contributed by atoms with Gasteiger partial charge in [0.15, 0.2) is 17.5 Å². The van der Waals surface area contributed by atoms with E-state index in [2.05, 4.69) is 22.5 Å². The van der Waals surface area contributed by atoms with Crippen LogP contribution in [0, 0.1) is 11.7 Å². The number of carbonyl (C=O) groups is 1. The fraction of sp³-hybridized carbons (Fsp3) is 0.652. The van der Waals surface area contributed by atoms with Crippen LogP contribution in [-0.4, -0.2) is 49.6 Å². The van der Waals surface area contributed by atoms with E-state index >= 15 is 0 Å². The van der Waals surface area contributed by atoms with Gasteiger partial charge in [0.05, 0.1) is 12.6 Å². The number of nitrogens with zero attached hydrogens (tertiary/aromatic N) is 2. The van der Waals surface area contributed by atoms with Gasteiger partial charge in [-0.3, -0.25) is 9.79 Å². The van der Waals surface area contributed by atoms with Crippen molar-refractivity contribution in [3.8, 4) is 5.75 Å². The van der Waals surface area contributed by atoms with Crippen LogP contribution in [0.15, 0.2) is 23.2 Å². The summed E-state index contributed by atoms with van der Waals surface area (Å²) in [5.41, 5.74) is 0.836. The summed E-state index contributed by atoms with van der Waals surface area (Å²) in [6, 6.07) is 5.28. The molecule has 166 valence electrons. The summed E-state index contributed by atoms with van der Waals surface area (Å²) >= 11 is 0. The standard InChI is InChI=1S/C23H35FN4O2/c1-4-19(28-13-5-6-22(28)29)11-12-26-23(25-3)27-16(2)18-9-10-21(20(24)14-18)30-15-17-7-8-17/h9-10,14,16-17,19H,4-8,11-13,15H2,1-3H3,(H2,25,26,27). The number of halogens is 1. The van der Waals surface area contributed by atoms with E-state index < -0.39 is 0 Å². The van der Waals surface area contributed by atoms with Crippen LogP contribution in [-0.2, 0) is 4.79 Å². The van der Waals surface area contributed by atoms with Gasteiger partial charge in [0.1, 0.15) is 0 Å². The number of carbonyl (C=O) groups excluding carboxylic acids is 1. The topological polar surface area (TPSA) is 66.0 Å². The highest BCUT2D eigenvalue weighted by Crippen LogP contribution is 2.30. The highest BCUT2D eigenvalue weighted by molar-refractivity contribution is 5.80. The maximum atomic E-state index is 14.4. The Balaban J connectivity index is 1.47. The third kappa shape index (κ3) is 6.09. The van der Waals surface area contributed by atoms with Crippen molar-refractivity contribution >= 4 is 11.9 Å². The quantitative estimate of drug-likeness (QED) is 0.450. The van der Waals surface area contributed by atoms with Gasteiger partial charge >= 0.3 is 0 Å². The lowest BCUT2D eigenvalue weighted by atomic mass is 10.1. The molecule has 3 rings (SSSR count). The summed E-state index contributed by atoms with van der Waals surface area (Å²) in [5.74, 6) is 1.52. The minimum atomic E-state index is -0.328. The zero-order valence-corrected chi connectivity index (χ0v) is 18.4. The number of hydrogen-bond acceptors (Lipinski definition) is 3. The predicted molar refractivity (Wildman–Crippen MR) is 117 cm³/mol. The van der Waals surface area contributed by atoms with Crippen LogP contribution >= 0.6 is 0 Å². The van der Waals surface area contributed by atoms with Gasteiger partial charge in [-0.15, -0.1) is 0 Å². The molecule has 1 saturated carbocycles. The van der Waals surface area contributed by atoms with E-state index in [1.165, 1.54) is 18.9 Å². The van der Waals surface area contributed by atoms with E-state index in [9.17, 15) is 9.18 Å². The summed E-state index contributed by atoms with van der Waals surface area (Å²) in [4.78, 5) is 18.3. The Morgan fingerprint density at radius 2 is 2.20 bits per heavy atom. The first kappa shape index (κ1) is 22.4. The molecule has 0 bridgehead atoms. The first-order chi connectivity index (χ1) is 14.5. The Morgan fingerprint density at radius 3 is 2.80 bits per heavy atom. The van der Waals surface area contributed by atoms with E-state index in [1.54, 1.807) is 13.1 Å². The van der Waals surface area contributed by atoms with Gasteiger partial charge in [-0.05, 0) is 62.6 Å². The van der Waals surface area contributed by atoms with E-state index in [0.29, 0.717) is 30.7 Å². The second-order valence-corrected chi connectivity index (χ2v) is 8.35. The Hall–Kier alpha value is -2.31. The Morgan fingerprint density at radius 1 is 1.40 bits per heavy atom. The highest BCUT2D eigenvalue weighted by Gasteiger charge is 2.26. The van der Waals surface area contributed by atoms with Crippen LogP contribution in [0.3, 0.4) is 0 Å². The average Bonchev–Trinajstić information content (AvgIpc) is 3.48. The van der Waals surface area contributed by atoms with Crippen LogP contribution in [0.5, 0.6) is 5.75 Å². The van der Waals surface area contributed by atoms with Crippen LogP contribution in [0.4, 0.5) is 4.39 Å². The Bertz CT molecular complexity index is 751. The number of ether oxygens (including phenoxy) is 1. The molecule has 1 saturated heterocycles. The number of likely N-dealkylation sites (tertiary alicyclic amines) is 1. The number of nitrogens with one attached hydrogen (secondary N) is 2. The van der Waals surface area contributed by atoms with Gasteiger partial charge in [0.2, 0.25) is 5.91 Å². The molecule has 0 spiro atoms. The van der Waals surface area contributed by atoms with Crippen LogP contribution in [0.2, 0.25) is 0 Å². The first-order valence-electron chi connectivity index (χ1n) is 11.2. The van der Waals surface area contributed by atoms with Gasteiger partial charge in [-0.25, -0.2) is 4.39 Å². The fourth-order valence-corrected chi connectivity index (χ4v) is 3.87. The van der Waals surface area contributed by atoms with Crippen molar-refractivity contribution in [1.29, 1.82) is 0 Å². The largest absolute Gasteiger partial charge is 0.490 e. The number of rotatable bonds is 10. The van der Waals surface area contributed by atoms with Gasteiger partial charge in [-0.2, -0.15) is 0 Å². The molecule has 1 aliphatic heterocycles. The monoisotopic (exact) mass is 418 g/mol. The summed E-state index contributed by atoms with van der Waals surface area (Å²) < 4.78 is 20.0. The maximum absolute atomic E-state index is 14.4. The number of aliphatic imine (C=N–C) groups is 1. The molecule has 2 atom stereocenters. The molecule has 2 fully saturated rings. The van der Waals surface area contributed by atoms with Crippen molar-refractivity contribution in [2.75, 3.05) is 26.7 Å². The van der Waals surface area contributed by atoms with Gasteiger partial charge in [0, 0.05) is 32.6 Å². The molecule has 2 N–H and O–H groups in total. The lowest BCUT2D eigenvalue weighted by molar-refractivity contribution is -0.129. The normalized spacial score (nSPS) is 19.0. The van der Waals surface area contributed by atoms with E-state index in [0.717, 1.165) is 37.9 Å². The number of benzene rings is 1. The minimum Gasteiger partial charge on any atom is -0.490 e. The second kappa shape index (κ2) is 10.6. The maximum Gasteiger partial charge on any atom is 0.222 e. The molecular formula is C23H35FN4O2. The zero-order chi connectivity index (χ0) is 21.5. The molecule has 2 aliphatic rings. The molecule has 6 nitrogen and oxygen atoms in total. The van der Waals surface area contributed by atoms with Crippen molar-refractivity contribution < 1.29 is 13.9 Å². The molecule has 7 heteroatoms. The zero-order valence-electron chi connectivity index (χ0n) is 18.4. The highest BCUT2D eigenvalue weighted by atomic mass is 19.1. The third-order valence-electron chi connectivity index (χ3n) is 6.00. The van der Waals surface area contributed by atoms with Crippen molar-refractivity contribution in [1.82, 2.24) is 15.5 Å². The Kier molecular flexibility index (Phi) is 7.94. The molecule has 1 amide bonds. The van der Waals surface area contributed by atoms with Crippen molar-refractivity contribution in [3.63, 3.8) is 0 Å². The number of hydrogen-bond donors (Lipinski definition) is 2. The van der Waals surface area contributed by atoms with E-state index in [1.807, 2.05) is 17.9 Å². The third-order valence-corrected chi connectivity index (χ3v) is 6.00. The minimum absolute atomic E-state index is 0.106. The van der Waals surface area contributed by atoms with Crippen LogP contribution in [0.1, 0.15) is 64.0 Å².